The average Bonchev–Trinajstić information content (AvgIpc) is 2.16. The molecule has 0 fully saturated rings. The van der Waals surface area contributed by atoms with Crippen molar-refractivity contribution in [3.05, 3.63) is 34.3 Å². The summed E-state index contributed by atoms with van der Waals surface area (Å²) in [5.41, 5.74) is 6.70. The summed E-state index contributed by atoms with van der Waals surface area (Å²) in [6, 6.07) is 6.38. The lowest BCUT2D eigenvalue weighted by molar-refractivity contribution is 0.268. The van der Waals surface area contributed by atoms with Gasteiger partial charge in [-0.25, -0.2) is 0 Å². The van der Waals surface area contributed by atoms with Gasteiger partial charge in [-0.2, -0.15) is 5.26 Å². The highest BCUT2D eigenvalue weighted by molar-refractivity contribution is 6.31. The van der Waals surface area contributed by atoms with Crippen LogP contribution in [0.4, 0.5) is 0 Å². The molecule has 1 atom stereocenters. The van der Waals surface area contributed by atoms with Gasteiger partial charge in [0.1, 0.15) is 6.07 Å². The minimum Gasteiger partial charge on any atom is -0.394 e. The maximum Gasteiger partial charge on any atom is 0.101 e. The Morgan fingerprint density at radius 2 is 2.21 bits per heavy atom. The van der Waals surface area contributed by atoms with E-state index in [1.54, 1.807) is 18.2 Å². The van der Waals surface area contributed by atoms with Gasteiger partial charge in [0.2, 0.25) is 0 Å². The molecule has 0 heterocycles. The molecular weight excluding hydrogens is 223 g/mol. The minimum atomic E-state index is -0.440. The molecule has 3 N–H and O–H groups in total. The van der Waals surface area contributed by atoms with Gasteiger partial charge in [-0.05, 0) is 17.7 Å². The molecule has 0 aliphatic carbocycles. The zero-order chi connectivity index (χ0) is 9.84. The molecular formula is C9H10Cl2N2O. The van der Waals surface area contributed by atoms with Crippen molar-refractivity contribution < 1.29 is 5.11 Å². The number of benzene rings is 1. The highest BCUT2D eigenvalue weighted by atomic mass is 35.5. The SMILES string of the molecule is Cl.N#Cc1ccc([C@H](N)CO)cc1Cl. The van der Waals surface area contributed by atoms with E-state index in [0.29, 0.717) is 10.6 Å². The van der Waals surface area contributed by atoms with E-state index in [9.17, 15) is 0 Å². The number of aliphatic hydroxyl groups is 1. The number of halogens is 2. The average molecular weight is 233 g/mol. The first-order chi connectivity index (χ1) is 6.19. The van der Waals surface area contributed by atoms with E-state index in [4.69, 9.17) is 27.7 Å². The topological polar surface area (TPSA) is 70.0 Å². The summed E-state index contributed by atoms with van der Waals surface area (Å²) in [6.07, 6.45) is 0. The van der Waals surface area contributed by atoms with E-state index >= 15 is 0 Å². The Morgan fingerprint density at radius 3 is 2.64 bits per heavy atom. The van der Waals surface area contributed by atoms with Crippen LogP contribution < -0.4 is 5.73 Å². The van der Waals surface area contributed by atoms with E-state index in [0.717, 1.165) is 5.56 Å². The first-order valence-electron chi connectivity index (χ1n) is 3.75. The number of nitrogens with two attached hydrogens (primary N) is 1. The monoisotopic (exact) mass is 232 g/mol. The summed E-state index contributed by atoms with van der Waals surface area (Å²) in [7, 11) is 0. The fourth-order valence-corrected chi connectivity index (χ4v) is 1.19. The second-order valence-electron chi connectivity index (χ2n) is 2.64. The zero-order valence-corrected chi connectivity index (χ0v) is 8.85. The summed E-state index contributed by atoms with van der Waals surface area (Å²) in [6.45, 7) is -0.137. The van der Waals surface area contributed by atoms with Crippen molar-refractivity contribution in [3.8, 4) is 6.07 Å². The van der Waals surface area contributed by atoms with Gasteiger partial charge in [0.15, 0.2) is 0 Å². The van der Waals surface area contributed by atoms with Crippen LogP contribution >= 0.6 is 24.0 Å². The van der Waals surface area contributed by atoms with Crippen LogP contribution in [0.5, 0.6) is 0 Å². The van der Waals surface area contributed by atoms with Gasteiger partial charge in [0, 0.05) is 0 Å². The molecule has 0 saturated heterocycles. The standard InChI is InChI=1S/C9H9ClN2O.ClH/c10-8-3-6(9(12)5-13)1-2-7(8)4-11;/h1-3,9,13H,5,12H2;1H/t9-;/m1./s1. The van der Waals surface area contributed by atoms with Gasteiger partial charge in [-0.3, -0.25) is 0 Å². The van der Waals surface area contributed by atoms with Crippen LogP contribution in [0, 0.1) is 11.3 Å². The first kappa shape index (κ1) is 13.2. The molecule has 1 aromatic rings. The van der Waals surface area contributed by atoms with Crippen LogP contribution in [0.15, 0.2) is 18.2 Å². The van der Waals surface area contributed by atoms with Gasteiger partial charge in [-0.15, -0.1) is 12.4 Å². The summed E-state index contributed by atoms with van der Waals surface area (Å²) >= 11 is 5.77. The highest BCUT2D eigenvalue weighted by Crippen LogP contribution is 2.19. The van der Waals surface area contributed by atoms with Crippen molar-refractivity contribution in [3.63, 3.8) is 0 Å². The van der Waals surface area contributed by atoms with Crippen molar-refractivity contribution in [2.75, 3.05) is 6.61 Å². The van der Waals surface area contributed by atoms with E-state index < -0.39 is 6.04 Å². The van der Waals surface area contributed by atoms with E-state index in [1.807, 2.05) is 6.07 Å². The molecule has 0 aliphatic heterocycles. The summed E-state index contributed by atoms with van der Waals surface area (Å²) < 4.78 is 0. The number of hydrogen-bond donors (Lipinski definition) is 2. The quantitative estimate of drug-likeness (QED) is 0.815. The van der Waals surface area contributed by atoms with Crippen molar-refractivity contribution in [1.29, 1.82) is 5.26 Å². The Balaban J connectivity index is 0.00000169. The summed E-state index contributed by atoms with van der Waals surface area (Å²) in [5, 5.41) is 17.7. The molecule has 1 rings (SSSR count). The number of nitrogens with zero attached hydrogens (tertiary/aromatic N) is 1. The molecule has 0 aliphatic rings. The molecule has 0 saturated carbocycles. The third-order valence-electron chi connectivity index (χ3n) is 1.74. The molecule has 0 radical (unpaired) electrons. The van der Waals surface area contributed by atoms with Crippen LogP contribution in [0.2, 0.25) is 5.02 Å². The molecule has 0 spiro atoms. The predicted octanol–water partition coefficient (Wildman–Crippen LogP) is 1.63. The molecule has 3 nitrogen and oxygen atoms in total. The Morgan fingerprint density at radius 1 is 1.57 bits per heavy atom. The fraction of sp³-hybridized carbons (Fsp3) is 0.222. The predicted molar refractivity (Wildman–Crippen MR) is 57.4 cm³/mol. The number of nitriles is 1. The van der Waals surface area contributed by atoms with Crippen molar-refractivity contribution >= 4 is 24.0 Å². The Kier molecular flexibility index (Phi) is 5.51. The third kappa shape index (κ3) is 2.86. The molecule has 0 bridgehead atoms. The second-order valence-corrected chi connectivity index (χ2v) is 3.05. The molecule has 0 aromatic heterocycles. The van der Waals surface area contributed by atoms with Gasteiger partial charge < -0.3 is 10.8 Å². The third-order valence-corrected chi connectivity index (χ3v) is 2.05. The largest absolute Gasteiger partial charge is 0.394 e. The molecule has 1 aromatic carbocycles. The summed E-state index contributed by atoms with van der Waals surface area (Å²) in [5.74, 6) is 0. The van der Waals surface area contributed by atoms with E-state index in [1.165, 1.54) is 0 Å². The Labute approximate surface area is 93.5 Å². The minimum absolute atomic E-state index is 0. The lowest BCUT2D eigenvalue weighted by Crippen LogP contribution is -2.14. The number of aliphatic hydroxyl groups excluding tert-OH is 1. The van der Waals surface area contributed by atoms with Crippen molar-refractivity contribution in [2.24, 2.45) is 5.73 Å². The van der Waals surface area contributed by atoms with Crippen LogP contribution in [-0.2, 0) is 0 Å². The fourth-order valence-electron chi connectivity index (χ4n) is 0.958. The van der Waals surface area contributed by atoms with Gasteiger partial charge in [0.25, 0.3) is 0 Å². The number of rotatable bonds is 2. The molecule has 0 unspecified atom stereocenters. The van der Waals surface area contributed by atoms with Crippen LogP contribution in [0.25, 0.3) is 0 Å². The van der Waals surface area contributed by atoms with Crippen molar-refractivity contribution in [2.45, 2.75) is 6.04 Å². The Hall–Kier alpha value is -0.790. The Bertz CT molecular complexity index is 349. The van der Waals surface area contributed by atoms with Gasteiger partial charge in [-0.1, -0.05) is 17.7 Å². The van der Waals surface area contributed by atoms with Crippen molar-refractivity contribution in [1.82, 2.24) is 0 Å². The van der Waals surface area contributed by atoms with E-state index in [2.05, 4.69) is 0 Å². The lowest BCUT2D eigenvalue weighted by Gasteiger charge is -2.08. The molecule has 76 valence electrons. The first-order valence-corrected chi connectivity index (χ1v) is 4.13. The van der Waals surface area contributed by atoms with Gasteiger partial charge >= 0.3 is 0 Å². The number of hydrogen-bond acceptors (Lipinski definition) is 3. The maximum atomic E-state index is 8.77. The normalized spacial score (nSPS) is 11.3. The molecule has 5 heteroatoms. The highest BCUT2D eigenvalue weighted by Gasteiger charge is 2.06. The lowest BCUT2D eigenvalue weighted by atomic mass is 10.1. The molecule has 14 heavy (non-hydrogen) atoms. The van der Waals surface area contributed by atoms with Crippen LogP contribution in [-0.4, -0.2) is 11.7 Å². The zero-order valence-electron chi connectivity index (χ0n) is 7.27. The van der Waals surface area contributed by atoms with Crippen LogP contribution in [0.1, 0.15) is 17.2 Å². The maximum absolute atomic E-state index is 8.77. The molecule has 0 amide bonds. The van der Waals surface area contributed by atoms with Crippen LogP contribution in [0.3, 0.4) is 0 Å². The van der Waals surface area contributed by atoms with E-state index in [-0.39, 0.29) is 19.0 Å². The smallest absolute Gasteiger partial charge is 0.101 e. The summed E-state index contributed by atoms with van der Waals surface area (Å²) in [4.78, 5) is 0. The van der Waals surface area contributed by atoms with Gasteiger partial charge in [0.05, 0.1) is 23.2 Å². The second kappa shape index (κ2) is 5.84.